The molecule has 4 rings (SSSR count). The third kappa shape index (κ3) is 2.71. The van der Waals surface area contributed by atoms with Crippen LogP contribution in [0.5, 0.6) is 0 Å². The van der Waals surface area contributed by atoms with Gasteiger partial charge >= 0.3 is 0 Å². The van der Waals surface area contributed by atoms with Gasteiger partial charge in [-0.2, -0.15) is 10.5 Å². The van der Waals surface area contributed by atoms with Crippen LogP contribution >= 0.6 is 11.3 Å². The number of H-pyrrole nitrogens is 1. The van der Waals surface area contributed by atoms with E-state index in [0.29, 0.717) is 11.5 Å². The van der Waals surface area contributed by atoms with Crippen LogP contribution in [0.1, 0.15) is 54.4 Å². The van der Waals surface area contributed by atoms with E-state index < -0.39 is 5.41 Å². The summed E-state index contributed by atoms with van der Waals surface area (Å²) in [5.74, 6) is 1.23. The van der Waals surface area contributed by atoms with Crippen LogP contribution < -0.4 is 5.32 Å². The number of nitrogens with one attached hydrogen (secondary N) is 2. The fourth-order valence-electron chi connectivity index (χ4n) is 2.98. The van der Waals surface area contributed by atoms with Gasteiger partial charge in [0.05, 0.1) is 17.3 Å². The molecule has 1 fully saturated rings. The summed E-state index contributed by atoms with van der Waals surface area (Å²) in [5.41, 5.74) is 2.79. The Morgan fingerprint density at radius 2 is 2.08 bits per heavy atom. The van der Waals surface area contributed by atoms with Crippen molar-refractivity contribution in [2.75, 3.05) is 5.32 Å². The van der Waals surface area contributed by atoms with Crippen molar-refractivity contribution in [3.8, 4) is 12.1 Å². The van der Waals surface area contributed by atoms with E-state index in [9.17, 15) is 10.5 Å². The molecule has 0 aromatic carbocycles. The van der Waals surface area contributed by atoms with Crippen molar-refractivity contribution < 1.29 is 0 Å². The number of nitriles is 2. The highest BCUT2D eigenvalue weighted by Crippen LogP contribution is 2.45. The van der Waals surface area contributed by atoms with Crippen LogP contribution in [0, 0.1) is 29.6 Å². The number of rotatable bonds is 4. The molecule has 26 heavy (non-hydrogen) atoms. The molecule has 1 aliphatic rings. The first-order valence-electron chi connectivity index (χ1n) is 8.51. The molecular formula is C19H18N6S. The van der Waals surface area contributed by atoms with Gasteiger partial charge in [-0.15, -0.1) is 0 Å². The largest absolute Gasteiger partial charge is 0.345 e. The third-order valence-electron chi connectivity index (χ3n) is 4.66. The smallest absolute Gasteiger partial charge is 0.141 e. The molecule has 3 aromatic rings. The first-order valence-corrected chi connectivity index (χ1v) is 9.33. The SMILES string of the molecule is Cc1nc(C(C)(C)C#N)sc1Nc1cc(C2CC2)c2c(C#N)c[nH]c2n1. The van der Waals surface area contributed by atoms with Gasteiger partial charge in [-0.25, -0.2) is 9.97 Å². The highest BCUT2D eigenvalue weighted by molar-refractivity contribution is 7.16. The Bertz CT molecular complexity index is 1090. The summed E-state index contributed by atoms with van der Waals surface area (Å²) in [5, 5.41) is 24.7. The molecular weight excluding hydrogens is 344 g/mol. The van der Waals surface area contributed by atoms with E-state index in [4.69, 9.17) is 0 Å². The maximum Gasteiger partial charge on any atom is 0.141 e. The van der Waals surface area contributed by atoms with Crippen LogP contribution in [0.3, 0.4) is 0 Å². The van der Waals surface area contributed by atoms with Crippen molar-refractivity contribution in [3.05, 3.63) is 34.1 Å². The Balaban J connectivity index is 1.75. The molecule has 0 atom stereocenters. The van der Waals surface area contributed by atoms with Crippen LogP contribution in [-0.4, -0.2) is 15.0 Å². The number of hydrogen-bond donors (Lipinski definition) is 2. The van der Waals surface area contributed by atoms with Crippen LogP contribution in [0.15, 0.2) is 12.3 Å². The van der Waals surface area contributed by atoms with Crippen molar-refractivity contribution >= 4 is 33.2 Å². The average molecular weight is 362 g/mol. The number of nitrogens with zero attached hydrogens (tertiary/aromatic N) is 4. The van der Waals surface area contributed by atoms with Crippen LogP contribution in [0.4, 0.5) is 10.8 Å². The van der Waals surface area contributed by atoms with Gasteiger partial charge in [-0.3, -0.25) is 0 Å². The topological polar surface area (TPSA) is 101 Å². The summed E-state index contributed by atoms with van der Waals surface area (Å²) in [6.07, 6.45) is 4.02. The van der Waals surface area contributed by atoms with Gasteiger partial charge in [-0.1, -0.05) is 11.3 Å². The van der Waals surface area contributed by atoms with Crippen molar-refractivity contribution in [1.82, 2.24) is 15.0 Å². The predicted octanol–water partition coefficient (Wildman–Crippen LogP) is 4.62. The van der Waals surface area contributed by atoms with E-state index in [1.807, 2.05) is 26.8 Å². The monoisotopic (exact) mass is 362 g/mol. The van der Waals surface area contributed by atoms with Gasteiger partial charge in [0.2, 0.25) is 0 Å². The lowest BCUT2D eigenvalue weighted by atomic mass is 9.97. The zero-order valence-electron chi connectivity index (χ0n) is 14.8. The predicted molar refractivity (Wildman–Crippen MR) is 102 cm³/mol. The zero-order valence-corrected chi connectivity index (χ0v) is 15.7. The van der Waals surface area contributed by atoms with Gasteiger partial charge in [0.1, 0.15) is 33.0 Å². The lowest BCUT2D eigenvalue weighted by Gasteiger charge is -2.10. The molecule has 0 bridgehead atoms. The first kappa shape index (κ1) is 16.6. The minimum Gasteiger partial charge on any atom is -0.345 e. The molecule has 130 valence electrons. The normalized spacial score (nSPS) is 14.2. The number of fused-ring (bicyclic) bond motifs is 1. The second-order valence-corrected chi connectivity index (χ2v) is 8.20. The number of aromatic amines is 1. The Labute approximate surface area is 155 Å². The average Bonchev–Trinajstić information content (AvgIpc) is 3.29. The fourth-order valence-corrected chi connectivity index (χ4v) is 4.00. The van der Waals surface area contributed by atoms with Gasteiger partial charge in [-0.05, 0) is 51.2 Å². The Morgan fingerprint density at radius 1 is 1.31 bits per heavy atom. The molecule has 2 N–H and O–H groups in total. The van der Waals surface area contributed by atoms with Gasteiger partial charge in [0, 0.05) is 11.6 Å². The molecule has 0 saturated heterocycles. The Hall–Kier alpha value is -2.90. The molecule has 0 amide bonds. The fraction of sp³-hybridized carbons (Fsp3) is 0.368. The Kier molecular flexibility index (Phi) is 3.71. The number of aryl methyl sites for hydroxylation is 1. The number of thiazole rings is 1. The molecule has 7 heteroatoms. The van der Waals surface area contributed by atoms with E-state index >= 15 is 0 Å². The highest BCUT2D eigenvalue weighted by Gasteiger charge is 2.29. The summed E-state index contributed by atoms with van der Waals surface area (Å²) in [7, 11) is 0. The summed E-state index contributed by atoms with van der Waals surface area (Å²) < 4.78 is 0. The molecule has 0 aliphatic heterocycles. The third-order valence-corrected chi connectivity index (χ3v) is 6.06. The van der Waals surface area contributed by atoms with Gasteiger partial charge in [0.15, 0.2) is 0 Å². The van der Waals surface area contributed by atoms with Crippen LogP contribution in [0.2, 0.25) is 0 Å². The number of pyridine rings is 1. The molecule has 0 radical (unpaired) electrons. The lowest BCUT2D eigenvalue weighted by molar-refractivity contribution is 0.678. The van der Waals surface area contributed by atoms with Crippen molar-refractivity contribution in [2.24, 2.45) is 0 Å². The summed E-state index contributed by atoms with van der Waals surface area (Å²) in [6, 6.07) is 6.59. The molecule has 0 spiro atoms. The lowest BCUT2D eigenvalue weighted by Crippen LogP contribution is -2.13. The maximum absolute atomic E-state index is 9.35. The van der Waals surface area contributed by atoms with E-state index in [1.165, 1.54) is 16.9 Å². The maximum atomic E-state index is 9.35. The molecule has 3 heterocycles. The van der Waals surface area contributed by atoms with Gasteiger partial charge < -0.3 is 10.3 Å². The molecule has 0 unspecified atom stereocenters. The molecule has 6 nitrogen and oxygen atoms in total. The van der Waals surface area contributed by atoms with Gasteiger partial charge in [0.25, 0.3) is 0 Å². The summed E-state index contributed by atoms with van der Waals surface area (Å²) in [6.45, 7) is 5.67. The van der Waals surface area contributed by atoms with Crippen LogP contribution in [-0.2, 0) is 5.41 Å². The standard InChI is InChI=1S/C19H18N6S/c1-10-17(26-18(23-10)19(2,3)9-21)25-14-6-13(11-4-5-11)15-12(7-20)8-22-16(15)24-14/h6,8,11H,4-5H2,1-3H3,(H2,22,24,25). The van der Waals surface area contributed by atoms with Crippen molar-refractivity contribution in [3.63, 3.8) is 0 Å². The minimum absolute atomic E-state index is 0.500. The molecule has 1 saturated carbocycles. The molecule has 3 aromatic heterocycles. The minimum atomic E-state index is -0.618. The second-order valence-electron chi connectivity index (χ2n) is 7.20. The Morgan fingerprint density at radius 3 is 2.73 bits per heavy atom. The van der Waals surface area contributed by atoms with E-state index in [-0.39, 0.29) is 0 Å². The first-order chi connectivity index (χ1) is 12.4. The number of aromatic nitrogens is 3. The van der Waals surface area contributed by atoms with E-state index in [0.717, 1.165) is 45.4 Å². The van der Waals surface area contributed by atoms with Crippen LogP contribution in [0.25, 0.3) is 11.0 Å². The van der Waals surface area contributed by atoms with Crippen molar-refractivity contribution in [1.29, 1.82) is 10.5 Å². The van der Waals surface area contributed by atoms with E-state index in [2.05, 4.69) is 32.4 Å². The quantitative estimate of drug-likeness (QED) is 0.705. The number of hydrogen-bond acceptors (Lipinski definition) is 6. The van der Waals surface area contributed by atoms with E-state index in [1.54, 1.807) is 6.20 Å². The summed E-state index contributed by atoms with van der Waals surface area (Å²) >= 11 is 1.48. The number of anilines is 2. The van der Waals surface area contributed by atoms with Crippen molar-refractivity contribution in [2.45, 2.75) is 44.9 Å². The zero-order chi connectivity index (χ0) is 18.5. The second kappa shape index (κ2) is 5.82. The summed E-state index contributed by atoms with van der Waals surface area (Å²) in [4.78, 5) is 12.3. The highest BCUT2D eigenvalue weighted by atomic mass is 32.1. The molecule has 1 aliphatic carbocycles.